The Hall–Kier alpha value is -2.04. The van der Waals surface area contributed by atoms with E-state index in [1.807, 2.05) is 25.2 Å². The Labute approximate surface area is 151 Å². The van der Waals surface area contributed by atoms with Crippen LogP contribution in [0.5, 0.6) is 0 Å². The van der Waals surface area contributed by atoms with Crippen molar-refractivity contribution in [1.29, 1.82) is 0 Å². The third kappa shape index (κ3) is 6.77. The highest BCUT2D eigenvalue weighted by Gasteiger charge is 2.20. The molecular formula is C20H32N4O. The predicted molar refractivity (Wildman–Crippen MR) is 103 cm³/mol. The van der Waals surface area contributed by atoms with Gasteiger partial charge in [0, 0.05) is 32.6 Å². The standard InChI is InChI=1S/C20H32N4O/c1-3-21-20(24(2)16-17-10-6-4-7-11-17)23-15-14-22-19(25)18-12-8-5-9-13-18/h4,6-7,10-11,18H,3,5,8-9,12-16H2,1-2H3,(H,21,23)(H,22,25). The van der Waals surface area contributed by atoms with E-state index in [0.717, 1.165) is 31.9 Å². The lowest BCUT2D eigenvalue weighted by atomic mass is 9.89. The first kappa shape index (κ1) is 19.3. The molecule has 1 fully saturated rings. The van der Waals surface area contributed by atoms with Gasteiger partial charge >= 0.3 is 0 Å². The Bertz CT molecular complexity index is 538. The van der Waals surface area contributed by atoms with Crippen LogP contribution in [0.3, 0.4) is 0 Å². The van der Waals surface area contributed by atoms with Gasteiger partial charge in [-0.1, -0.05) is 49.6 Å². The van der Waals surface area contributed by atoms with Crippen molar-refractivity contribution in [2.24, 2.45) is 10.9 Å². The third-order valence-corrected chi connectivity index (χ3v) is 4.61. The molecule has 138 valence electrons. The van der Waals surface area contributed by atoms with Crippen molar-refractivity contribution in [3.8, 4) is 0 Å². The highest BCUT2D eigenvalue weighted by atomic mass is 16.1. The number of amides is 1. The van der Waals surface area contributed by atoms with Crippen LogP contribution in [0, 0.1) is 5.92 Å². The molecule has 5 heteroatoms. The molecule has 25 heavy (non-hydrogen) atoms. The average Bonchev–Trinajstić information content (AvgIpc) is 2.65. The number of aliphatic imine (C=N–C) groups is 1. The van der Waals surface area contributed by atoms with Gasteiger partial charge in [0.25, 0.3) is 0 Å². The fourth-order valence-electron chi connectivity index (χ4n) is 3.25. The molecule has 2 rings (SSSR count). The summed E-state index contributed by atoms with van der Waals surface area (Å²) >= 11 is 0. The Morgan fingerprint density at radius 1 is 1.16 bits per heavy atom. The Morgan fingerprint density at radius 3 is 2.56 bits per heavy atom. The maximum Gasteiger partial charge on any atom is 0.223 e. The summed E-state index contributed by atoms with van der Waals surface area (Å²) in [7, 11) is 2.04. The second-order valence-corrected chi connectivity index (χ2v) is 6.70. The molecule has 0 bridgehead atoms. The molecule has 1 aromatic rings. The minimum atomic E-state index is 0.206. The van der Waals surface area contributed by atoms with Crippen LogP contribution in [0.1, 0.15) is 44.6 Å². The minimum absolute atomic E-state index is 0.206. The summed E-state index contributed by atoms with van der Waals surface area (Å²) in [5.41, 5.74) is 1.25. The topological polar surface area (TPSA) is 56.7 Å². The molecule has 2 N–H and O–H groups in total. The quantitative estimate of drug-likeness (QED) is 0.454. The van der Waals surface area contributed by atoms with Crippen molar-refractivity contribution in [3.63, 3.8) is 0 Å². The second-order valence-electron chi connectivity index (χ2n) is 6.70. The van der Waals surface area contributed by atoms with E-state index in [-0.39, 0.29) is 11.8 Å². The fourth-order valence-corrected chi connectivity index (χ4v) is 3.25. The number of hydrogen-bond acceptors (Lipinski definition) is 2. The molecule has 0 heterocycles. The van der Waals surface area contributed by atoms with Crippen LogP contribution in [-0.2, 0) is 11.3 Å². The van der Waals surface area contributed by atoms with E-state index in [2.05, 4.69) is 39.6 Å². The van der Waals surface area contributed by atoms with Crippen molar-refractivity contribution in [2.75, 3.05) is 26.7 Å². The Kier molecular flexibility index (Phi) is 8.29. The summed E-state index contributed by atoms with van der Waals surface area (Å²) in [5.74, 6) is 1.29. The normalized spacial score (nSPS) is 15.7. The lowest BCUT2D eigenvalue weighted by molar-refractivity contribution is -0.125. The van der Waals surface area contributed by atoms with E-state index in [9.17, 15) is 4.79 Å². The van der Waals surface area contributed by atoms with Gasteiger partial charge in [0.05, 0.1) is 6.54 Å². The van der Waals surface area contributed by atoms with Crippen LogP contribution in [0.15, 0.2) is 35.3 Å². The molecule has 1 aliphatic rings. The molecule has 0 aliphatic heterocycles. The van der Waals surface area contributed by atoms with Crippen molar-refractivity contribution in [3.05, 3.63) is 35.9 Å². The molecule has 0 spiro atoms. The zero-order chi connectivity index (χ0) is 17.9. The molecule has 0 saturated heterocycles. The van der Waals surface area contributed by atoms with Gasteiger partial charge in [-0.05, 0) is 25.3 Å². The molecule has 0 radical (unpaired) electrons. The van der Waals surface area contributed by atoms with E-state index < -0.39 is 0 Å². The fraction of sp³-hybridized carbons (Fsp3) is 0.600. The summed E-state index contributed by atoms with van der Waals surface area (Å²) in [6, 6.07) is 10.4. The van der Waals surface area contributed by atoms with Crippen molar-refractivity contribution >= 4 is 11.9 Å². The molecule has 5 nitrogen and oxygen atoms in total. The first-order valence-corrected chi connectivity index (χ1v) is 9.51. The van der Waals surface area contributed by atoms with Crippen LogP contribution in [0.2, 0.25) is 0 Å². The molecule has 1 aliphatic carbocycles. The summed E-state index contributed by atoms with van der Waals surface area (Å²) < 4.78 is 0. The zero-order valence-corrected chi connectivity index (χ0v) is 15.6. The number of rotatable bonds is 7. The lowest BCUT2D eigenvalue weighted by Crippen LogP contribution is -2.39. The summed E-state index contributed by atoms with van der Waals surface area (Å²) in [5, 5.41) is 6.36. The SMILES string of the molecule is CCNC(=NCCNC(=O)C1CCCCC1)N(C)Cc1ccccc1. The van der Waals surface area contributed by atoms with Gasteiger partial charge in [-0.3, -0.25) is 9.79 Å². The van der Waals surface area contributed by atoms with E-state index in [1.165, 1.54) is 24.8 Å². The molecule has 0 atom stereocenters. The molecule has 1 saturated carbocycles. The van der Waals surface area contributed by atoms with Gasteiger partial charge in [-0.15, -0.1) is 0 Å². The maximum absolute atomic E-state index is 12.2. The minimum Gasteiger partial charge on any atom is -0.357 e. The maximum atomic E-state index is 12.2. The molecule has 0 aromatic heterocycles. The molecular weight excluding hydrogens is 312 g/mol. The van der Waals surface area contributed by atoms with Crippen LogP contribution in [0.25, 0.3) is 0 Å². The van der Waals surface area contributed by atoms with Crippen LogP contribution >= 0.6 is 0 Å². The van der Waals surface area contributed by atoms with Gasteiger partial charge in [-0.25, -0.2) is 0 Å². The zero-order valence-electron chi connectivity index (χ0n) is 15.6. The number of guanidine groups is 1. The smallest absolute Gasteiger partial charge is 0.223 e. The predicted octanol–water partition coefficient (Wildman–Crippen LogP) is 2.78. The summed E-state index contributed by atoms with van der Waals surface area (Å²) in [4.78, 5) is 18.9. The highest BCUT2D eigenvalue weighted by molar-refractivity contribution is 5.80. The lowest BCUT2D eigenvalue weighted by Gasteiger charge is -2.22. The number of benzene rings is 1. The Balaban J connectivity index is 1.79. The van der Waals surface area contributed by atoms with E-state index in [1.54, 1.807) is 0 Å². The molecule has 1 aromatic carbocycles. The number of carbonyl (C=O) groups excluding carboxylic acids is 1. The van der Waals surface area contributed by atoms with Gasteiger partial charge in [-0.2, -0.15) is 0 Å². The van der Waals surface area contributed by atoms with Crippen LogP contribution in [-0.4, -0.2) is 43.4 Å². The van der Waals surface area contributed by atoms with E-state index in [0.29, 0.717) is 13.1 Å². The number of nitrogens with zero attached hydrogens (tertiary/aromatic N) is 2. The Morgan fingerprint density at radius 2 is 1.88 bits per heavy atom. The largest absolute Gasteiger partial charge is 0.357 e. The summed E-state index contributed by atoms with van der Waals surface area (Å²) in [6.45, 7) is 4.90. The van der Waals surface area contributed by atoms with E-state index in [4.69, 9.17) is 0 Å². The monoisotopic (exact) mass is 344 g/mol. The van der Waals surface area contributed by atoms with Gasteiger partial charge < -0.3 is 15.5 Å². The number of carbonyl (C=O) groups is 1. The average molecular weight is 345 g/mol. The molecule has 0 unspecified atom stereocenters. The van der Waals surface area contributed by atoms with Crippen LogP contribution < -0.4 is 10.6 Å². The summed E-state index contributed by atoms with van der Waals surface area (Å²) in [6.07, 6.45) is 5.72. The van der Waals surface area contributed by atoms with Crippen molar-refractivity contribution < 1.29 is 4.79 Å². The van der Waals surface area contributed by atoms with Crippen LogP contribution in [0.4, 0.5) is 0 Å². The van der Waals surface area contributed by atoms with E-state index >= 15 is 0 Å². The first-order chi connectivity index (χ1) is 12.2. The van der Waals surface area contributed by atoms with Gasteiger partial charge in [0.1, 0.15) is 0 Å². The first-order valence-electron chi connectivity index (χ1n) is 9.51. The third-order valence-electron chi connectivity index (χ3n) is 4.61. The molecule has 1 amide bonds. The van der Waals surface area contributed by atoms with Gasteiger partial charge in [0.2, 0.25) is 5.91 Å². The van der Waals surface area contributed by atoms with Crippen molar-refractivity contribution in [2.45, 2.75) is 45.6 Å². The highest BCUT2D eigenvalue weighted by Crippen LogP contribution is 2.23. The second kappa shape index (κ2) is 10.7. The number of nitrogens with one attached hydrogen (secondary N) is 2. The number of hydrogen-bond donors (Lipinski definition) is 2. The van der Waals surface area contributed by atoms with Gasteiger partial charge in [0.15, 0.2) is 5.96 Å². The van der Waals surface area contributed by atoms with Crippen molar-refractivity contribution in [1.82, 2.24) is 15.5 Å².